The Balaban J connectivity index is 0.000000113. The van der Waals surface area contributed by atoms with Gasteiger partial charge < -0.3 is 70.5 Å². The molecule has 1 aliphatic rings. The van der Waals surface area contributed by atoms with E-state index in [0.717, 1.165) is 201 Å². The van der Waals surface area contributed by atoms with Crippen LogP contribution < -0.4 is 27.0 Å². The normalized spacial score (nSPS) is 12.3. The lowest BCUT2D eigenvalue weighted by Gasteiger charge is -2.12. The molecule has 22 aromatic heterocycles. The number of aromatic nitrogens is 28. The number of furan rings is 2. The molecule has 149 heavy (non-hydrogen) atoms. The molecule has 22 heterocycles. The summed E-state index contributed by atoms with van der Waals surface area (Å²) in [5.74, 6) is 2.66. The quantitative estimate of drug-likeness (QED) is 0.0207. The zero-order chi connectivity index (χ0) is 102. The van der Waals surface area contributed by atoms with Gasteiger partial charge in [0.25, 0.3) is 0 Å². The van der Waals surface area contributed by atoms with Gasteiger partial charge in [0.2, 0.25) is 0 Å². The smallest absolute Gasteiger partial charge is 0.181 e. The second-order valence-corrected chi connectivity index (χ2v) is 37.4. The van der Waals surface area contributed by atoms with Crippen LogP contribution in [0.3, 0.4) is 0 Å². The maximum atomic E-state index is 14.6. The number of nitrogen functional groups attached to an aromatic ring is 1. The number of hydrogen-bond donors (Lipinski definition) is 13. The van der Waals surface area contributed by atoms with Crippen molar-refractivity contribution in [3.63, 3.8) is 0 Å². The van der Waals surface area contributed by atoms with E-state index in [4.69, 9.17) is 34.5 Å². The number of anilines is 3. The molecule has 0 radical (unpaired) electrons. The van der Waals surface area contributed by atoms with E-state index < -0.39 is 0 Å². The number of imidazole rings is 4. The van der Waals surface area contributed by atoms with E-state index in [-0.39, 0.29) is 11.6 Å². The molecule has 0 saturated heterocycles. The summed E-state index contributed by atoms with van der Waals surface area (Å²) in [4.78, 5) is 92.4. The van der Waals surface area contributed by atoms with Crippen LogP contribution in [0.4, 0.5) is 25.8 Å². The minimum Gasteiger partial charge on any atom is -0.472 e. The van der Waals surface area contributed by atoms with Gasteiger partial charge in [-0.05, 0) is 199 Å². The minimum atomic E-state index is -0.336. The van der Waals surface area contributed by atoms with Gasteiger partial charge in [0.1, 0.15) is 45.4 Å². The molecule has 0 aliphatic heterocycles. The molecular formula is C109H102F2N36O2. The van der Waals surface area contributed by atoms with Crippen LogP contribution in [0, 0.1) is 17.6 Å². The molecule has 14 N–H and O–H groups in total. The zero-order valence-corrected chi connectivity index (χ0v) is 82.3. The summed E-state index contributed by atoms with van der Waals surface area (Å²) in [7, 11) is 12.1. The highest BCUT2D eigenvalue weighted by Gasteiger charge is 2.26. The Labute approximate surface area is 849 Å². The molecule has 0 atom stereocenters. The van der Waals surface area contributed by atoms with Crippen LogP contribution in [-0.4, -0.2) is 237 Å². The number of nitrogens with two attached hydrogens (primary N) is 1. The third-order valence-corrected chi connectivity index (χ3v) is 25.8. The average molecular weight is 1990 g/mol. The summed E-state index contributed by atoms with van der Waals surface area (Å²) >= 11 is 0. The number of aromatic amines is 8. The van der Waals surface area contributed by atoms with Gasteiger partial charge in [-0.2, -0.15) is 20.4 Å². The van der Waals surface area contributed by atoms with E-state index in [1.807, 2.05) is 134 Å². The average Bonchev–Trinajstić information content (AvgIpc) is 1.62. The van der Waals surface area contributed by atoms with Gasteiger partial charge in [0.15, 0.2) is 45.9 Å². The number of nitrogens with one attached hydrogen (secondary N) is 12. The van der Waals surface area contributed by atoms with E-state index in [2.05, 4.69) is 194 Å². The van der Waals surface area contributed by atoms with Crippen molar-refractivity contribution in [3.8, 4) is 135 Å². The third-order valence-electron chi connectivity index (χ3n) is 25.8. The highest BCUT2D eigenvalue weighted by atomic mass is 19.1. The highest BCUT2D eigenvalue weighted by molar-refractivity contribution is 6.02. The number of H-pyrrole nitrogens is 8. The molecule has 744 valence electrons. The largest absolute Gasteiger partial charge is 0.472 e. The SMILES string of the molecule is CCNCc1cncc(-c2cnc3n[nH]c(-c4nc5c(-c6cc(F)cc(NCCN(C)C)c6)cncc5[nH]4)c3c2)c1.CN(C)CCNc1cc(F)cc(-c2cncc3[nH]c(-c4[nH]nc5ncc(-c6cncc(N)c6)cc45)nc23)c1.CN(C)Cc1cncc(-c2cnc3n[nH]c(-c4nc5c(-c6ccoc6)cncc5[nH]4)c3c2)c1.c1cc(-c2cncc3[nH]c(-c4[nH]nc5ncc(-c6cncc(CNCC7CCCC7)c6)cc45)nc23)co1. The number of nitrogens with zero attached hydrogens (tertiary/aromatic N) is 23. The van der Waals surface area contributed by atoms with Gasteiger partial charge in [-0.1, -0.05) is 19.8 Å². The predicted octanol–water partition coefficient (Wildman–Crippen LogP) is 18.9. The number of halogens is 2. The maximum Gasteiger partial charge on any atom is 0.181 e. The van der Waals surface area contributed by atoms with Crippen molar-refractivity contribution in [3.05, 3.63) is 274 Å². The van der Waals surface area contributed by atoms with Crippen LogP contribution in [0.15, 0.2) is 255 Å². The first-order valence-corrected chi connectivity index (χ1v) is 48.7. The lowest BCUT2D eigenvalue weighted by molar-refractivity contribution is 0.402. The first-order valence-electron chi connectivity index (χ1n) is 48.7. The standard InChI is InChI=1S/C30H31FN10.C28H26N8O.C27H25FN10.C24H20N8O/c1-4-32-12-18-7-20(14-33-13-18)21-10-24-28(39-40-29(24)36-15-21)30-37-26-17-34-16-25(27(26)38-30)19-8-22(31)11-23(9-19)35-5-6-41(2)3;1-2-4-17(3-1)9-29-10-18-7-20(12-30-11-18)21-8-22-26(35-36-27(22)32-13-21)28-33-24-15-31-14-23(25(24)34-28)19-5-6-37-16-19;1-38(2)4-3-32-20-7-15(5-18(28)9-20)22-13-31-14-23-24(22)35-27(34-23)25-21-8-17(11-33-26(21)37-36-25)16-6-19(29)12-30-10-16;1-32(2)12-14-5-16(8-25-7-14)17-6-18-22(30-31-23(18)27-9-17)24-28-20-11-26-10-19(21(20)29-24)15-3-4-33-13-15/h7-11,13-17,32,35H,4-6,12H2,1-3H3,(H,37,38)(H,36,39,40);5-8,11-17,29H,1-4,9-10H2,(H,33,34)(H,32,35,36);5-14,32H,3-4,29H2,1-2H3,(H,34,35)(H,33,36,37);3-11,13H,12H2,1-2H3,(H,28,29)(H,27,30,31). The molecule has 25 rings (SSSR count). The van der Waals surface area contributed by atoms with E-state index in [0.29, 0.717) is 115 Å². The summed E-state index contributed by atoms with van der Waals surface area (Å²) in [6, 6.07) is 30.1. The summed E-state index contributed by atoms with van der Waals surface area (Å²) in [6.07, 6.45) is 47.8. The molecule has 40 heteroatoms. The van der Waals surface area contributed by atoms with Crippen molar-refractivity contribution in [1.29, 1.82) is 0 Å². The van der Waals surface area contributed by atoms with Gasteiger partial charge in [-0.3, -0.25) is 60.3 Å². The Bertz CT molecular complexity index is 8890. The van der Waals surface area contributed by atoms with Gasteiger partial charge in [0, 0.05) is 234 Å². The molecule has 1 fully saturated rings. The summed E-state index contributed by atoms with van der Waals surface area (Å²) in [5.41, 5.74) is 36.8. The number of rotatable bonds is 29. The minimum absolute atomic E-state index is 0.329. The van der Waals surface area contributed by atoms with E-state index in [1.165, 1.54) is 55.5 Å². The molecule has 0 unspecified atom stereocenters. The summed E-state index contributed by atoms with van der Waals surface area (Å²) in [6.45, 7) is 9.47. The van der Waals surface area contributed by atoms with E-state index in [1.54, 1.807) is 99.4 Å². The molecule has 0 bridgehead atoms. The van der Waals surface area contributed by atoms with Crippen molar-refractivity contribution in [2.24, 2.45) is 5.92 Å². The van der Waals surface area contributed by atoms with Crippen LogP contribution in [0.2, 0.25) is 0 Å². The zero-order valence-electron chi connectivity index (χ0n) is 82.3. The van der Waals surface area contributed by atoms with Crippen LogP contribution in [0.25, 0.3) is 223 Å². The van der Waals surface area contributed by atoms with Crippen molar-refractivity contribution in [2.45, 2.75) is 52.2 Å². The monoisotopic (exact) mass is 1980 g/mol. The molecule has 2 aromatic carbocycles. The Morgan fingerprint density at radius 3 is 1.05 bits per heavy atom. The van der Waals surface area contributed by atoms with Crippen molar-refractivity contribution < 1.29 is 17.6 Å². The van der Waals surface area contributed by atoms with Crippen molar-refractivity contribution >= 4 is 105 Å². The molecular weight excluding hydrogens is 1880 g/mol. The van der Waals surface area contributed by atoms with Crippen LogP contribution in [0.5, 0.6) is 0 Å². The van der Waals surface area contributed by atoms with E-state index in [9.17, 15) is 8.78 Å². The van der Waals surface area contributed by atoms with Gasteiger partial charge in [-0.15, -0.1) is 0 Å². The first-order chi connectivity index (χ1) is 72.9. The van der Waals surface area contributed by atoms with Gasteiger partial charge >= 0.3 is 0 Å². The fourth-order valence-corrected chi connectivity index (χ4v) is 18.5. The van der Waals surface area contributed by atoms with Gasteiger partial charge in [-0.25, -0.2) is 48.7 Å². The molecule has 0 amide bonds. The highest BCUT2D eigenvalue weighted by Crippen LogP contribution is 2.41. The topological polar surface area (TPSA) is 494 Å². The third kappa shape index (κ3) is 21.1. The van der Waals surface area contributed by atoms with E-state index >= 15 is 0 Å². The molecule has 1 saturated carbocycles. The number of fused-ring (bicyclic) bond motifs is 8. The van der Waals surface area contributed by atoms with Crippen LogP contribution in [0.1, 0.15) is 49.3 Å². The number of benzene rings is 2. The van der Waals surface area contributed by atoms with Crippen LogP contribution in [-0.2, 0) is 19.6 Å². The number of pyridine rings is 12. The first kappa shape index (κ1) is 95.5. The van der Waals surface area contributed by atoms with Crippen molar-refractivity contribution in [1.82, 2.24) is 166 Å². The Morgan fingerprint density at radius 2 is 0.698 bits per heavy atom. The fraction of sp³-hybridized carbons (Fsp3) is 0.193. The Kier molecular flexibility index (Phi) is 27.2. The maximum absolute atomic E-state index is 14.6. The van der Waals surface area contributed by atoms with Crippen molar-refractivity contribution in [2.75, 3.05) is 97.9 Å². The second-order valence-electron chi connectivity index (χ2n) is 37.4. The lowest BCUT2D eigenvalue weighted by atomic mass is 10.1. The number of hydrogen-bond acceptors (Lipinski definition) is 30. The second kappa shape index (κ2) is 42.5. The summed E-state index contributed by atoms with van der Waals surface area (Å²) < 4.78 is 39.7. The molecule has 38 nitrogen and oxygen atoms in total. The Hall–Kier alpha value is -18.4. The molecule has 1 aliphatic carbocycles. The van der Waals surface area contributed by atoms with Gasteiger partial charge in [0.05, 0.1) is 110 Å². The lowest BCUT2D eigenvalue weighted by Crippen LogP contribution is -2.20. The predicted molar refractivity (Wildman–Crippen MR) is 573 cm³/mol. The molecule has 24 aromatic rings. The number of likely N-dealkylation sites (N-methyl/N-ethyl adjacent to an activating group) is 2. The summed E-state index contributed by atoms with van der Waals surface area (Å²) in [5, 5.41) is 46.8. The Morgan fingerprint density at radius 1 is 0.356 bits per heavy atom. The van der Waals surface area contributed by atoms with Crippen LogP contribution >= 0.6 is 0 Å². The fourth-order valence-electron chi connectivity index (χ4n) is 18.5. The molecule has 0 spiro atoms.